The Hall–Kier alpha value is -0.870. The van der Waals surface area contributed by atoms with Crippen molar-refractivity contribution in [3.63, 3.8) is 0 Å². The van der Waals surface area contributed by atoms with Crippen LogP contribution in [0.2, 0.25) is 0 Å². The number of ether oxygens (including phenoxy) is 2. The van der Waals surface area contributed by atoms with Crippen molar-refractivity contribution >= 4 is 5.97 Å². The van der Waals surface area contributed by atoms with Gasteiger partial charge in [0.1, 0.15) is 6.10 Å². The van der Waals surface area contributed by atoms with E-state index < -0.39 is 5.60 Å². The van der Waals surface area contributed by atoms with Crippen molar-refractivity contribution in [2.75, 3.05) is 0 Å². The van der Waals surface area contributed by atoms with E-state index >= 15 is 0 Å². The zero-order valence-corrected chi connectivity index (χ0v) is 21.2. The first-order valence-electron chi connectivity index (χ1n) is 13.6. The number of carbonyl (C=O) groups is 1. The second kappa shape index (κ2) is 5.75. The molecular weight excluding hydrogens is 412 g/mol. The zero-order chi connectivity index (χ0) is 23.4. The number of carbonyl (C=O) groups excluding carboxylic acids is 1. The van der Waals surface area contributed by atoms with Gasteiger partial charge < -0.3 is 14.6 Å². The van der Waals surface area contributed by atoms with E-state index in [9.17, 15) is 9.90 Å². The van der Waals surface area contributed by atoms with E-state index in [0.717, 1.165) is 63.4 Å². The number of aliphatic hydroxyl groups is 1. The van der Waals surface area contributed by atoms with E-state index in [-0.39, 0.29) is 57.3 Å². The molecule has 11 atom stereocenters. The molecule has 0 amide bonds. The normalized spacial score (nSPS) is 62.2. The van der Waals surface area contributed by atoms with Crippen molar-refractivity contribution in [1.29, 1.82) is 0 Å². The maximum absolute atomic E-state index is 13.7. The topological polar surface area (TPSA) is 59.1 Å². The highest BCUT2D eigenvalue weighted by Crippen LogP contribution is 2.83. The lowest BCUT2D eigenvalue weighted by molar-refractivity contribution is -0.259. The van der Waals surface area contributed by atoms with Crippen LogP contribution >= 0.6 is 0 Å². The Bertz CT molecular complexity index is 971. The summed E-state index contributed by atoms with van der Waals surface area (Å²) < 4.78 is 13.5. The molecule has 2 bridgehead atoms. The molecule has 5 saturated carbocycles. The molecule has 2 aliphatic heterocycles. The third-order valence-electron chi connectivity index (χ3n) is 13.3. The molecule has 2 saturated heterocycles. The Morgan fingerprint density at radius 2 is 1.70 bits per heavy atom. The zero-order valence-electron chi connectivity index (χ0n) is 21.2. The fraction of sp³-hybridized carbons (Fsp3) is 0.897. The van der Waals surface area contributed by atoms with Crippen molar-refractivity contribution < 1.29 is 19.4 Å². The second-order valence-electron chi connectivity index (χ2n) is 14.7. The molecule has 11 unspecified atom stereocenters. The number of hydrogen-bond donors (Lipinski definition) is 1. The highest BCUT2D eigenvalue weighted by molar-refractivity contribution is 5.82. The summed E-state index contributed by atoms with van der Waals surface area (Å²) in [6.45, 7) is 16.6. The first kappa shape index (κ1) is 21.4. The first-order chi connectivity index (χ1) is 15.4. The van der Waals surface area contributed by atoms with Gasteiger partial charge in [0.25, 0.3) is 0 Å². The molecule has 0 radical (unpaired) electrons. The van der Waals surface area contributed by atoms with Crippen molar-refractivity contribution in [1.82, 2.24) is 0 Å². The quantitative estimate of drug-likeness (QED) is 0.301. The molecule has 4 nitrogen and oxygen atoms in total. The fourth-order valence-electron chi connectivity index (χ4n) is 11.3. The van der Waals surface area contributed by atoms with Gasteiger partial charge in [-0.1, -0.05) is 41.2 Å². The van der Waals surface area contributed by atoms with Crippen LogP contribution in [0.15, 0.2) is 12.2 Å². The Morgan fingerprint density at radius 1 is 0.970 bits per heavy atom. The Labute approximate surface area is 198 Å². The van der Waals surface area contributed by atoms with Gasteiger partial charge in [0.2, 0.25) is 0 Å². The summed E-state index contributed by atoms with van der Waals surface area (Å²) in [5.74, 6) is 1.17. The molecule has 0 aromatic carbocycles. The van der Waals surface area contributed by atoms with Crippen molar-refractivity contribution in [3.8, 4) is 0 Å². The first-order valence-corrected chi connectivity index (χ1v) is 13.6. The monoisotopic (exact) mass is 454 g/mol. The molecule has 33 heavy (non-hydrogen) atoms. The summed E-state index contributed by atoms with van der Waals surface area (Å²) in [6.07, 6.45) is 9.12. The predicted octanol–water partition coefficient (Wildman–Crippen LogP) is 5.43. The van der Waals surface area contributed by atoms with Crippen molar-refractivity contribution in [3.05, 3.63) is 12.2 Å². The van der Waals surface area contributed by atoms with Gasteiger partial charge in [-0.15, -0.1) is 0 Å². The lowest BCUT2D eigenvalue weighted by Crippen LogP contribution is -2.74. The highest BCUT2D eigenvalue weighted by Gasteiger charge is 2.88. The molecular formula is C29H42O4. The molecule has 1 spiro atoms. The van der Waals surface area contributed by atoms with Crippen LogP contribution in [0, 0.1) is 44.8 Å². The van der Waals surface area contributed by atoms with E-state index in [1.54, 1.807) is 0 Å². The lowest BCUT2D eigenvalue weighted by Gasteiger charge is -2.71. The van der Waals surface area contributed by atoms with Crippen LogP contribution in [0.5, 0.6) is 0 Å². The Balaban J connectivity index is 1.39. The number of esters is 1. The van der Waals surface area contributed by atoms with Gasteiger partial charge in [-0.2, -0.15) is 0 Å². The number of hydrogen-bond acceptors (Lipinski definition) is 4. The van der Waals surface area contributed by atoms with Crippen LogP contribution in [0.1, 0.15) is 92.4 Å². The maximum atomic E-state index is 13.7. The van der Waals surface area contributed by atoms with Gasteiger partial charge in [0.15, 0.2) is 5.60 Å². The average molecular weight is 455 g/mol. The minimum atomic E-state index is -0.468. The fourth-order valence-corrected chi connectivity index (χ4v) is 11.3. The average Bonchev–Trinajstić information content (AvgIpc) is 3.49. The molecule has 1 N–H and O–H groups in total. The van der Waals surface area contributed by atoms with Crippen LogP contribution in [0.4, 0.5) is 0 Å². The highest BCUT2D eigenvalue weighted by atomic mass is 16.6. The minimum absolute atomic E-state index is 0.0429. The van der Waals surface area contributed by atoms with Crippen LogP contribution < -0.4 is 0 Å². The van der Waals surface area contributed by atoms with Gasteiger partial charge in [0, 0.05) is 11.3 Å². The van der Waals surface area contributed by atoms with Gasteiger partial charge in [-0.25, -0.2) is 0 Å². The summed E-state index contributed by atoms with van der Waals surface area (Å²) in [7, 11) is 0. The number of aliphatic hydroxyl groups excluding tert-OH is 1. The minimum Gasteiger partial charge on any atom is -0.455 e. The second-order valence-corrected chi connectivity index (χ2v) is 14.7. The van der Waals surface area contributed by atoms with E-state index in [1.807, 2.05) is 0 Å². The lowest BCUT2D eigenvalue weighted by atomic mass is 9.31. The Morgan fingerprint density at radius 3 is 2.45 bits per heavy atom. The van der Waals surface area contributed by atoms with Crippen LogP contribution in [-0.4, -0.2) is 35.0 Å². The molecule has 182 valence electrons. The largest absolute Gasteiger partial charge is 0.455 e. The summed E-state index contributed by atoms with van der Waals surface area (Å²) >= 11 is 0. The molecule has 7 fully saturated rings. The standard InChI is InChI=1S/C29H42O4/c1-16-17-7-10-26(5)21(25(17,4)9-8-18(16)30)20-22(32-20)29-19-15-24(2,3)11-13-28(19,23(31)33-29)14-12-27(26,29)6/h17-22,30H,1,7-15H2,2-6H3. The van der Waals surface area contributed by atoms with Crippen LogP contribution in [-0.2, 0) is 14.3 Å². The molecule has 0 aromatic heterocycles. The predicted molar refractivity (Wildman–Crippen MR) is 125 cm³/mol. The van der Waals surface area contributed by atoms with Crippen LogP contribution in [0.25, 0.3) is 0 Å². The molecule has 0 aromatic rings. The molecule has 4 heteroatoms. The maximum Gasteiger partial charge on any atom is 0.313 e. The van der Waals surface area contributed by atoms with Gasteiger partial charge >= 0.3 is 5.97 Å². The summed E-state index contributed by atoms with van der Waals surface area (Å²) in [6, 6.07) is 0. The van der Waals surface area contributed by atoms with Crippen LogP contribution in [0.3, 0.4) is 0 Å². The third kappa shape index (κ3) is 2.06. The third-order valence-corrected chi connectivity index (χ3v) is 13.3. The van der Waals surface area contributed by atoms with Gasteiger partial charge in [-0.3, -0.25) is 4.79 Å². The van der Waals surface area contributed by atoms with E-state index in [0.29, 0.717) is 11.8 Å². The number of fused-ring (bicyclic) bond motifs is 6. The van der Waals surface area contributed by atoms with Crippen molar-refractivity contribution in [2.24, 2.45) is 44.8 Å². The van der Waals surface area contributed by atoms with E-state index in [1.165, 1.54) is 0 Å². The summed E-state index contributed by atoms with van der Waals surface area (Å²) in [5.41, 5.74) is 0.617. The molecule has 7 aliphatic rings. The number of epoxide rings is 1. The molecule has 5 aliphatic carbocycles. The van der Waals surface area contributed by atoms with E-state index in [4.69, 9.17) is 9.47 Å². The van der Waals surface area contributed by atoms with Crippen molar-refractivity contribution in [2.45, 2.75) is 116 Å². The van der Waals surface area contributed by atoms with Gasteiger partial charge in [0.05, 0.1) is 17.6 Å². The molecule has 2 heterocycles. The Kier molecular flexibility index (Phi) is 3.73. The number of rotatable bonds is 0. The van der Waals surface area contributed by atoms with E-state index in [2.05, 4.69) is 41.2 Å². The summed E-state index contributed by atoms with van der Waals surface area (Å²) in [4.78, 5) is 13.7. The smallest absolute Gasteiger partial charge is 0.313 e. The summed E-state index contributed by atoms with van der Waals surface area (Å²) in [5, 5.41) is 10.6. The molecule has 7 rings (SSSR count). The SMILES string of the molecule is C=C1C(O)CCC2(C)C1CCC1(C)C2C2OC2C23OC(=O)C4(CCC(C)(C)CC42)CCC13C. The van der Waals surface area contributed by atoms with Gasteiger partial charge in [-0.05, 0) is 91.4 Å².